The molecule has 22 nitrogen and oxygen atoms in total. The average Bonchev–Trinajstić information content (AvgIpc) is 3.31. The van der Waals surface area contributed by atoms with Gasteiger partial charge in [0, 0.05) is 78.5 Å². The lowest BCUT2D eigenvalue weighted by Crippen LogP contribution is -2.37. The summed E-state index contributed by atoms with van der Waals surface area (Å²) in [4.78, 5) is 53.3. The molecule has 0 aliphatic heterocycles. The summed E-state index contributed by atoms with van der Waals surface area (Å²) in [6.45, 7) is 6.14. The van der Waals surface area contributed by atoms with E-state index in [0.29, 0.717) is 89.0 Å². The molecule has 74 heavy (non-hydrogen) atoms. The van der Waals surface area contributed by atoms with Crippen molar-refractivity contribution in [3.63, 3.8) is 0 Å². The Bertz CT molecular complexity index is 2640. The van der Waals surface area contributed by atoms with E-state index in [1.807, 2.05) is 9.47 Å². The maximum Gasteiger partial charge on any atom is 0.345 e. The number of nitrogens with zero attached hydrogens (tertiary/aromatic N) is 2. The van der Waals surface area contributed by atoms with Gasteiger partial charge in [0.25, 0.3) is 26.1 Å². The number of aryl methyl sites for hydroxylation is 3. The van der Waals surface area contributed by atoms with Crippen LogP contribution >= 0.6 is 0 Å². The van der Waals surface area contributed by atoms with Crippen molar-refractivity contribution in [2.24, 2.45) is 0 Å². The maximum atomic E-state index is 14.9. The zero-order valence-electron chi connectivity index (χ0n) is 42.9. The minimum absolute atomic E-state index is 0.0286. The van der Waals surface area contributed by atoms with Crippen LogP contribution < -0.4 is 29.4 Å². The van der Waals surface area contributed by atoms with Gasteiger partial charge in [-0.15, -0.1) is 0 Å². The zero-order chi connectivity index (χ0) is 54.4. The van der Waals surface area contributed by atoms with Crippen LogP contribution in [-0.4, -0.2) is 171 Å². The van der Waals surface area contributed by atoms with Gasteiger partial charge < -0.3 is 53.8 Å². The first-order valence-corrected chi connectivity index (χ1v) is 27.3. The number of aromatic nitrogens is 1. The number of methoxy groups -OCH3 is 4. The summed E-state index contributed by atoms with van der Waals surface area (Å²) in [6.07, 6.45) is 0.338. The fourth-order valence-corrected chi connectivity index (χ4v) is 9.36. The van der Waals surface area contributed by atoms with E-state index in [1.54, 1.807) is 62.4 Å². The third-order valence-corrected chi connectivity index (χ3v) is 13.2. The first-order chi connectivity index (χ1) is 35.2. The third kappa shape index (κ3) is 20.3. The van der Waals surface area contributed by atoms with Crippen molar-refractivity contribution < 1.29 is 88.0 Å². The van der Waals surface area contributed by atoms with Crippen LogP contribution in [0.15, 0.2) is 48.5 Å². The second-order valence-electron chi connectivity index (χ2n) is 17.7. The van der Waals surface area contributed by atoms with E-state index < -0.39 is 61.8 Å². The molecule has 3 aromatic carbocycles. The predicted octanol–water partition coefficient (Wildman–Crippen LogP) is 3.94. The lowest BCUT2D eigenvalue weighted by atomic mass is 10.0. The van der Waals surface area contributed by atoms with Crippen LogP contribution in [0, 0.1) is 13.8 Å². The molecule has 2 amide bonds. The van der Waals surface area contributed by atoms with Gasteiger partial charge in [0.15, 0.2) is 6.54 Å². The van der Waals surface area contributed by atoms with Gasteiger partial charge in [0.2, 0.25) is 16.9 Å². The summed E-state index contributed by atoms with van der Waals surface area (Å²) in [5.41, 5.74) is 2.41. The van der Waals surface area contributed by atoms with Gasteiger partial charge in [0.1, 0.15) is 29.5 Å². The largest absolute Gasteiger partial charge is 0.486 e. The molecular weight excluding hydrogens is 1010 g/mol. The van der Waals surface area contributed by atoms with Crippen molar-refractivity contribution >= 4 is 65.8 Å². The summed E-state index contributed by atoms with van der Waals surface area (Å²) in [5, 5.41) is 15.2. The Hall–Kier alpha value is -5.57. The third-order valence-electron chi connectivity index (χ3n) is 11.6. The summed E-state index contributed by atoms with van der Waals surface area (Å²) in [5.74, 6) is -2.41. The summed E-state index contributed by atoms with van der Waals surface area (Å²) in [6, 6.07) is 13.5. The topological polar surface area (TPSA) is 293 Å². The minimum atomic E-state index is -4.31. The Balaban J connectivity index is 1.64. The van der Waals surface area contributed by atoms with E-state index in [-0.39, 0.29) is 88.8 Å². The van der Waals surface area contributed by atoms with Crippen molar-refractivity contribution in [1.82, 2.24) is 15.5 Å². The molecule has 1 heterocycles. The number of fused-ring (bicyclic) bond motifs is 2. The van der Waals surface area contributed by atoms with Gasteiger partial charge in [0.05, 0.1) is 54.3 Å². The molecule has 0 spiro atoms. The van der Waals surface area contributed by atoms with E-state index in [9.17, 15) is 45.1 Å². The molecule has 4 aromatic rings. The van der Waals surface area contributed by atoms with E-state index >= 15 is 0 Å². The van der Waals surface area contributed by atoms with Crippen molar-refractivity contribution in [2.45, 2.75) is 77.5 Å². The quantitative estimate of drug-likeness (QED) is 0.0109. The summed E-state index contributed by atoms with van der Waals surface area (Å²) < 4.78 is 107. The molecular formula is C50H71N4O18S2+. The van der Waals surface area contributed by atoms with Crippen molar-refractivity contribution in [3.05, 3.63) is 70.8 Å². The van der Waals surface area contributed by atoms with Gasteiger partial charge in [-0.3, -0.25) is 23.5 Å². The Morgan fingerprint density at radius 2 is 1.11 bits per heavy atom. The van der Waals surface area contributed by atoms with Crippen LogP contribution in [0.3, 0.4) is 0 Å². The molecule has 1 aromatic heterocycles. The van der Waals surface area contributed by atoms with Gasteiger partial charge in [-0.2, -0.15) is 21.4 Å². The molecule has 0 unspecified atom stereocenters. The van der Waals surface area contributed by atoms with E-state index in [4.69, 9.17) is 38.3 Å². The number of esters is 1. The number of nitrogens with one attached hydrogen (secondary N) is 2. The molecule has 0 aliphatic rings. The predicted molar refractivity (Wildman–Crippen MR) is 273 cm³/mol. The number of carbonyl (C=O) groups is 4. The highest BCUT2D eigenvalue weighted by atomic mass is 32.2. The fourth-order valence-electron chi connectivity index (χ4n) is 8.37. The van der Waals surface area contributed by atoms with Crippen molar-refractivity contribution in [3.8, 4) is 17.2 Å². The molecule has 0 atom stereocenters. The number of hydrogen-bond donors (Lipinski definition) is 5. The summed E-state index contributed by atoms with van der Waals surface area (Å²) in [7, 11) is -2.36. The number of carbonyl (C=O) groups excluding carboxylic acids is 3. The number of amides is 2. The van der Waals surface area contributed by atoms with Crippen molar-refractivity contribution in [2.75, 3.05) is 99.1 Å². The lowest BCUT2D eigenvalue weighted by Gasteiger charge is -2.22. The Morgan fingerprint density at radius 3 is 1.58 bits per heavy atom. The number of aliphatic carboxylic acids is 1. The second kappa shape index (κ2) is 30.1. The van der Waals surface area contributed by atoms with Crippen LogP contribution in [-0.2, 0) is 55.3 Å². The zero-order valence-corrected chi connectivity index (χ0v) is 44.5. The number of ether oxygens (including phenoxy) is 7. The maximum absolute atomic E-state index is 14.9. The van der Waals surface area contributed by atoms with Gasteiger partial charge in [-0.05, 0) is 107 Å². The lowest BCUT2D eigenvalue weighted by molar-refractivity contribution is -0.645. The number of carboxylic acid groups (broad SMARTS) is 1. The first kappa shape index (κ1) is 61.0. The number of benzene rings is 3. The van der Waals surface area contributed by atoms with E-state index in [1.165, 1.54) is 28.4 Å². The first-order valence-electron chi connectivity index (χ1n) is 24.1. The molecule has 0 aliphatic carbocycles. The number of pyridine rings is 1. The highest BCUT2D eigenvalue weighted by molar-refractivity contribution is 7.86. The van der Waals surface area contributed by atoms with Crippen LogP contribution in [0.4, 0.5) is 0 Å². The normalized spacial score (nSPS) is 12.0. The summed E-state index contributed by atoms with van der Waals surface area (Å²) >= 11 is 0. The Morgan fingerprint density at radius 1 is 0.635 bits per heavy atom. The fraction of sp³-hybridized carbons (Fsp3) is 0.540. The Kier molecular flexibility index (Phi) is 24.8. The molecule has 0 radical (unpaired) electrons. The highest BCUT2D eigenvalue weighted by Crippen LogP contribution is 2.34. The van der Waals surface area contributed by atoms with Crippen LogP contribution in [0.25, 0.3) is 21.8 Å². The standard InChI is InChI=1S/C50H70N4O18S2/c1-34-26-36(49(58)52-19-9-21-53(22-10-24-73(60,61)62)20-8-18-51-45(55)12-7-13-46(56)57)27-35(2)48(34)72-50(59)47-41-28-37(70-39(30-66-3)31-67-4)14-16-43(41)54(23-11-25-74(63,64)65)44-17-15-38(29-42(44)47)71-40(32-68-5)33-69-6/h14-17,26-29,39-40H,7-13,18-25,30-33H2,1-6H3,(H4-,51,52,55,56,57,58,60,61,62,63,64,65)/p+1. The van der Waals surface area contributed by atoms with E-state index in [2.05, 4.69) is 10.6 Å². The second-order valence-corrected chi connectivity index (χ2v) is 20.8. The van der Waals surface area contributed by atoms with Crippen LogP contribution in [0.5, 0.6) is 17.2 Å². The number of carboxylic acids is 1. The SMILES string of the molecule is COCC(COC)Oc1ccc2c(c1)c(C(=O)Oc1c(C)cc(C(=O)NCCCN(CCCNC(=O)CCCC(=O)O)CCCS(=O)(=O)O)cc1C)c1cc(OC(COC)COC)ccc1[n+]2CCCS(=O)(=O)O. The highest BCUT2D eigenvalue weighted by Gasteiger charge is 2.29. The molecule has 4 rings (SSSR count). The van der Waals surface area contributed by atoms with E-state index in [0.717, 1.165) is 0 Å². The molecule has 0 bridgehead atoms. The average molecular weight is 1080 g/mol. The molecule has 0 saturated carbocycles. The Labute approximate surface area is 432 Å². The number of rotatable bonds is 35. The number of hydrogen-bond acceptors (Lipinski definition) is 16. The molecule has 0 saturated heterocycles. The smallest absolute Gasteiger partial charge is 0.345 e. The molecule has 24 heteroatoms. The van der Waals surface area contributed by atoms with Crippen LogP contribution in [0.1, 0.15) is 76.8 Å². The molecule has 0 fully saturated rings. The van der Waals surface area contributed by atoms with Crippen LogP contribution in [0.2, 0.25) is 0 Å². The molecule has 5 N–H and O–H groups in total. The molecule has 410 valence electrons. The van der Waals surface area contributed by atoms with Gasteiger partial charge in [-0.25, -0.2) is 4.79 Å². The van der Waals surface area contributed by atoms with Crippen molar-refractivity contribution in [1.29, 1.82) is 0 Å². The van der Waals surface area contributed by atoms with Gasteiger partial charge >= 0.3 is 11.9 Å². The minimum Gasteiger partial charge on any atom is -0.486 e. The van der Waals surface area contributed by atoms with Gasteiger partial charge in [-0.1, -0.05) is 0 Å². The monoisotopic (exact) mass is 1080 g/mol.